The van der Waals surface area contributed by atoms with E-state index in [1.807, 2.05) is 12.1 Å². The molecule has 0 spiro atoms. The van der Waals surface area contributed by atoms with Crippen LogP contribution in [-0.4, -0.2) is 11.5 Å². The Bertz CT molecular complexity index is 852. The van der Waals surface area contributed by atoms with Gasteiger partial charge < -0.3 is 10.7 Å². The molecule has 24 heavy (non-hydrogen) atoms. The molecule has 0 saturated carbocycles. The minimum Gasteiger partial charge on any atom is -0.354 e. The highest BCUT2D eigenvalue weighted by molar-refractivity contribution is 6.36. The normalized spacial score (nSPS) is 11.3. The molecule has 0 amide bonds. The van der Waals surface area contributed by atoms with E-state index in [1.54, 1.807) is 6.07 Å². The number of rotatable bonds is 6. The molecule has 1 heterocycles. The first-order valence-electron chi connectivity index (χ1n) is 8.43. The van der Waals surface area contributed by atoms with Crippen molar-refractivity contribution < 1.29 is 0 Å². The first kappa shape index (κ1) is 17.3. The van der Waals surface area contributed by atoms with Crippen molar-refractivity contribution in [1.29, 1.82) is 0 Å². The molecule has 0 aliphatic carbocycles. The lowest BCUT2D eigenvalue weighted by atomic mass is 9.99. The first-order chi connectivity index (χ1) is 11.7. The summed E-state index contributed by atoms with van der Waals surface area (Å²) >= 11 is 12.5. The van der Waals surface area contributed by atoms with Crippen LogP contribution in [0.1, 0.15) is 30.9 Å². The van der Waals surface area contributed by atoms with Crippen molar-refractivity contribution in [2.24, 2.45) is 5.73 Å². The highest BCUT2D eigenvalue weighted by Crippen LogP contribution is 2.37. The Morgan fingerprint density at radius 1 is 1.08 bits per heavy atom. The smallest absolute Gasteiger partial charge is 0.0514 e. The highest BCUT2D eigenvalue weighted by Gasteiger charge is 2.16. The third kappa shape index (κ3) is 3.32. The lowest BCUT2D eigenvalue weighted by molar-refractivity contribution is 0.748. The average molecular weight is 361 g/mol. The van der Waals surface area contributed by atoms with E-state index < -0.39 is 0 Å². The van der Waals surface area contributed by atoms with Gasteiger partial charge in [-0.05, 0) is 61.6 Å². The number of nitrogens with two attached hydrogens (primary N) is 1. The lowest BCUT2D eigenvalue weighted by Gasteiger charge is -2.07. The number of unbranched alkanes of at least 4 members (excludes halogenated alkanes) is 1. The van der Waals surface area contributed by atoms with Gasteiger partial charge in [-0.3, -0.25) is 0 Å². The second-order valence-electron chi connectivity index (χ2n) is 6.04. The van der Waals surface area contributed by atoms with Crippen LogP contribution in [0, 0.1) is 0 Å². The van der Waals surface area contributed by atoms with Gasteiger partial charge in [0.15, 0.2) is 0 Å². The van der Waals surface area contributed by atoms with Crippen LogP contribution in [0.3, 0.4) is 0 Å². The van der Waals surface area contributed by atoms with Crippen LogP contribution in [0.25, 0.3) is 22.2 Å². The summed E-state index contributed by atoms with van der Waals surface area (Å²) in [6, 6.07) is 12.2. The number of halogens is 2. The molecule has 0 aliphatic rings. The summed E-state index contributed by atoms with van der Waals surface area (Å²) in [6.07, 6.45) is 4.07. The fourth-order valence-corrected chi connectivity index (χ4v) is 3.76. The Kier molecular flexibility index (Phi) is 5.50. The van der Waals surface area contributed by atoms with Crippen LogP contribution >= 0.6 is 23.2 Å². The molecule has 3 aromatic rings. The maximum absolute atomic E-state index is 6.47. The van der Waals surface area contributed by atoms with Gasteiger partial charge in [-0.2, -0.15) is 0 Å². The van der Waals surface area contributed by atoms with E-state index in [0.29, 0.717) is 10.0 Å². The van der Waals surface area contributed by atoms with E-state index in [4.69, 9.17) is 28.9 Å². The zero-order valence-electron chi connectivity index (χ0n) is 13.8. The summed E-state index contributed by atoms with van der Waals surface area (Å²) in [5.41, 5.74) is 11.6. The Morgan fingerprint density at radius 2 is 1.92 bits per heavy atom. The minimum atomic E-state index is 0.652. The van der Waals surface area contributed by atoms with E-state index >= 15 is 0 Å². The lowest BCUT2D eigenvalue weighted by Crippen LogP contribution is -1.99. The molecule has 0 fully saturated rings. The monoisotopic (exact) mass is 360 g/mol. The minimum absolute atomic E-state index is 0.652. The van der Waals surface area contributed by atoms with Gasteiger partial charge >= 0.3 is 0 Å². The number of hydrogen-bond donors (Lipinski definition) is 2. The maximum Gasteiger partial charge on any atom is 0.0514 e. The van der Waals surface area contributed by atoms with Crippen molar-refractivity contribution in [3.8, 4) is 11.3 Å². The van der Waals surface area contributed by atoms with Crippen LogP contribution in [-0.2, 0) is 12.8 Å². The molecule has 2 aromatic carbocycles. The van der Waals surface area contributed by atoms with E-state index in [-0.39, 0.29) is 0 Å². The standard InChI is InChI=1S/C20H22Cl2N2/c1-2-13-6-5-8-15-16(7-3-4-11-23)20(24-19(13)15)17-10-9-14(21)12-18(17)22/h5-6,8-10,12,24H,2-4,7,11,23H2,1H3. The number of aromatic nitrogens is 1. The molecule has 2 nitrogen and oxygen atoms in total. The molecule has 0 unspecified atom stereocenters. The van der Waals surface area contributed by atoms with Crippen LogP contribution < -0.4 is 5.73 Å². The second-order valence-corrected chi connectivity index (χ2v) is 6.89. The Balaban J connectivity index is 2.19. The summed E-state index contributed by atoms with van der Waals surface area (Å²) < 4.78 is 0. The molecule has 3 rings (SSSR count). The van der Waals surface area contributed by atoms with E-state index in [1.165, 1.54) is 22.0 Å². The molecule has 1 aromatic heterocycles. The first-order valence-corrected chi connectivity index (χ1v) is 9.19. The molecular weight excluding hydrogens is 339 g/mol. The SMILES string of the molecule is CCc1cccc2c(CCCCN)c(-c3ccc(Cl)cc3Cl)[nH]c12. The molecule has 0 aliphatic heterocycles. The van der Waals surface area contributed by atoms with Gasteiger partial charge in [0.1, 0.15) is 0 Å². The van der Waals surface area contributed by atoms with Crippen molar-refractivity contribution in [3.63, 3.8) is 0 Å². The fourth-order valence-electron chi connectivity index (χ4n) is 3.26. The zero-order chi connectivity index (χ0) is 17.1. The number of aromatic amines is 1. The van der Waals surface area contributed by atoms with Crippen molar-refractivity contribution in [1.82, 2.24) is 4.98 Å². The topological polar surface area (TPSA) is 41.8 Å². The Morgan fingerprint density at radius 3 is 2.62 bits per heavy atom. The van der Waals surface area contributed by atoms with Crippen molar-refractivity contribution >= 4 is 34.1 Å². The molecule has 3 N–H and O–H groups in total. The predicted octanol–water partition coefficient (Wildman–Crippen LogP) is 5.99. The fraction of sp³-hybridized carbons (Fsp3) is 0.300. The molecule has 0 radical (unpaired) electrons. The summed E-state index contributed by atoms with van der Waals surface area (Å²) in [5, 5.41) is 2.61. The summed E-state index contributed by atoms with van der Waals surface area (Å²) in [5.74, 6) is 0. The van der Waals surface area contributed by atoms with E-state index in [2.05, 4.69) is 30.1 Å². The summed E-state index contributed by atoms with van der Waals surface area (Å²) in [6.45, 7) is 2.90. The number of H-pyrrole nitrogens is 1. The van der Waals surface area contributed by atoms with E-state index in [9.17, 15) is 0 Å². The zero-order valence-corrected chi connectivity index (χ0v) is 15.3. The van der Waals surface area contributed by atoms with Crippen molar-refractivity contribution in [2.45, 2.75) is 32.6 Å². The Labute approximate surface area is 153 Å². The second kappa shape index (κ2) is 7.60. The molecule has 4 heteroatoms. The number of nitrogens with one attached hydrogen (secondary N) is 1. The van der Waals surface area contributed by atoms with Gasteiger partial charge in [0.2, 0.25) is 0 Å². The number of aryl methyl sites for hydroxylation is 2. The molecule has 0 atom stereocenters. The van der Waals surface area contributed by atoms with Gasteiger partial charge in [0.25, 0.3) is 0 Å². The predicted molar refractivity (Wildman–Crippen MR) is 105 cm³/mol. The molecule has 126 valence electrons. The van der Waals surface area contributed by atoms with E-state index in [0.717, 1.165) is 43.5 Å². The summed E-state index contributed by atoms with van der Waals surface area (Å²) in [4.78, 5) is 3.63. The maximum atomic E-state index is 6.47. The number of benzene rings is 2. The van der Waals surface area contributed by atoms with Crippen LogP contribution in [0.4, 0.5) is 0 Å². The third-order valence-corrected chi connectivity index (χ3v) is 5.04. The summed E-state index contributed by atoms with van der Waals surface area (Å²) in [7, 11) is 0. The van der Waals surface area contributed by atoms with Gasteiger partial charge in [0.05, 0.1) is 10.7 Å². The third-order valence-electron chi connectivity index (χ3n) is 4.49. The quantitative estimate of drug-likeness (QED) is 0.521. The molecule has 0 saturated heterocycles. The average Bonchev–Trinajstić information content (AvgIpc) is 2.93. The number of fused-ring (bicyclic) bond motifs is 1. The van der Waals surface area contributed by atoms with Crippen LogP contribution in [0.2, 0.25) is 10.0 Å². The van der Waals surface area contributed by atoms with Crippen LogP contribution in [0.5, 0.6) is 0 Å². The van der Waals surface area contributed by atoms with Gasteiger partial charge in [-0.15, -0.1) is 0 Å². The van der Waals surface area contributed by atoms with Gasteiger partial charge in [-0.1, -0.05) is 48.3 Å². The number of hydrogen-bond acceptors (Lipinski definition) is 1. The van der Waals surface area contributed by atoms with Crippen molar-refractivity contribution in [2.75, 3.05) is 6.54 Å². The van der Waals surface area contributed by atoms with Crippen molar-refractivity contribution in [3.05, 3.63) is 57.6 Å². The molecule has 0 bridgehead atoms. The van der Waals surface area contributed by atoms with Crippen LogP contribution in [0.15, 0.2) is 36.4 Å². The molecular formula is C20H22Cl2N2. The van der Waals surface area contributed by atoms with Gasteiger partial charge in [-0.25, -0.2) is 0 Å². The Hall–Kier alpha value is -1.48. The largest absolute Gasteiger partial charge is 0.354 e. The number of para-hydroxylation sites is 1. The van der Waals surface area contributed by atoms with Gasteiger partial charge in [0, 0.05) is 21.5 Å². The highest BCUT2D eigenvalue weighted by atomic mass is 35.5.